The van der Waals surface area contributed by atoms with Gasteiger partial charge < -0.3 is 9.84 Å². The second-order valence-electron chi connectivity index (χ2n) is 6.36. The van der Waals surface area contributed by atoms with Gasteiger partial charge in [0.05, 0.1) is 28.9 Å². The van der Waals surface area contributed by atoms with Crippen molar-refractivity contribution >= 4 is 46.4 Å². The largest absolute Gasteiger partial charge is 0.489 e. The number of ether oxygens (including phenoxy) is 1. The predicted molar refractivity (Wildman–Crippen MR) is 113 cm³/mol. The van der Waals surface area contributed by atoms with E-state index in [1.807, 2.05) is 13.8 Å². The third kappa shape index (κ3) is 4.09. The van der Waals surface area contributed by atoms with Gasteiger partial charge in [-0.3, -0.25) is 9.59 Å². The summed E-state index contributed by atoms with van der Waals surface area (Å²) in [5, 5.41) is 9.75. The van der Waals surface area contributed by atoms with Gasteiger partial charge in [0, 0.05) is 10.8 Å². The van der Waals surface area contributed by atoms with Crippen molar-refractivity contribution in [3.63, 3.8) is 0 Å². The normalized spacial score (nSPS) is 14.4. The summed E-state index contributed by atoms with van der Waals surface area (Å²) < 4.78 is 5.80. The van der Waals surface area contributed by atoms with E-state index in [2.05, 4.69) is 0 Å². The Balaban J connectivity index is 2.07. The van der Waals surface area contributed by atoms with E-state index >= 15 is 0 Å². The minimum Gasteiger partial charge on any atom is -0.489 e. The fraction of sp³-hybridized carbons (Fsp3) is 0.238. The zero-order chi connectivity index (χ0) is 20.3. The molecule has 1 aliphatic heterocycles. The van der Waals surface area contributed by atoms with Gasteiger partial charge in [0.15, 0.2) is 0 Å². The number of para-hydroxylation sites is 2. The lowest BCUT2D eigenvalue weighted by molar-refractivity contribution is -0.119. The number of aliphatic hydroxyl groups is 1. The number of nitrogens with zero attached hydrogens (tertiary/aromatic N) is 1. The first kappa shape index (κ1) is 20.5. The number of halogens is 1. The van der Waals surface area contributed by atoms with E-state index in [1.165, 1.54) is 0 Å². The first-order valence-electron chi connectivity index (χ1n) is 8.82. The van der Waals surface area contributed by atoms with E-state index in [4.69, 9.17) is 16.3 Å². The number of thioether (sulfide) groups is 1. The molecule has 2 aromatic carbocycles. The zero-order valence-corrected chi connectivity index (χ0v) is 17.1. The Morgan fingerprint density at radius 2 is 1.75 bits per heavy atom. The van der Waals surface area contributed by atoms with Crippen LogP contribution < -0.4 is 9.64 Å². The van der Waals surface area contributed by atoms with Crippen LogP contribution in [-0.4, -0.2) is 35.4 Å². The molecule has 1 aliphatic rings. The van der Waals surface area contributed by atoms with Gasteiger partial charge in [-0.05, 0) is 43.7 Å². The van der Waals surface area contributed by atoms with Gasteiger partial charge in [0.1, 0.15) is 5.75 Å². The van der Waals surface area contributed by atoms with Crippen LogP contribution in [0.4, 0.5) is 5.69 Å². The number of imide groups is 1. The third-order valence-corrected chi connectivity index (χ3v) is 5.29. The van der Waals surface area contributed by atoms with Crippen molar-refractivity contribution < 1.29 is 19.4 Å². The summed E-state index contributed by atoms with van der Waals surface area (Å²) in [6.45, 7) is 3.66. The molecule has 0 radical (unpaired) electrons. The van der Waals surface area contributed by atoms with Crippen LogP contribution in [0.25, 0.3) is 5.57 Å². The van der Waals surface area contributed by atoms with Crippen LogP contribution in [0.5, 0.6) is 5.75 Å². The van der Waals surface area contributed by atoms with Crippen LogP contribution in [0.3, 0.4) is 0 Å². The van der Waals surface area contributed by atoms with Gasteiger partial charge in [-0.1, -0.05) is 35.9 Å². The smallest absolute Gasteiger partial charge is 0.272 e. The molecule has 0 unspecified atom stereocenters. The Morgan fingerprint density at radius 3 is 2.39 bits per heavy atom. The summed E-state index contributed by atoms with van der Waals surface area (Å²) in [6.07, 6.45) is -0.110. The number of hydrogen-bond donors (Lipinski definition) is 1. The fourth-order valence-electron chi connectivity index (χ4n) is 2.88. The molecule has 0 spiro atoms. The molecular formula is C21H20ClNO4S. The first-order chi connectivity index (χ1) is 13.4. The first-order valence-corrected chi connectivity index (χ1v) is 10.2. The quantitative estimate of drug-likeness (QED) is 0.686. The zero-order valence-electron chi connectivity index (χ0n) is 15.5. The van der Waals surface area contributed by atoms with E-state index in [1.54, 1.807) is 48.5 Å². The molecule has 2 aromatic rings. The third-order valence-electron chi connectivity index (χ3n) is 3.98. The highest BCUT2D eigenvalue weighted by atomic mass is 35.5. The number of aliphatic hydroxyl groups excluding tert-OH is 1. The summed E-state index contributed by atoms with van der Waals surface area (Å²) >= 11 is 7.13. The van der Waals surface area contributed by atoms with Gasteiger partial charge in [0.25, 0.3) is 11.8 Å². The number of anilines is 1. The molecule has 0 fully saturated rings. The Kier molecular flexibility index (Phi) is 6.44. The van der Waals surface area contributed by atoms with E-state index in [0.29, 0.717) is 38.3 Å². The van der Waals surface area contributed by atoms with Crippen LogP contribution in [0.2, 0.25) is 5.02 Å². The molecule has 0 saturated carbocycles. The molecule has 0 aromatic heterocycles. The van der Waals surface area contributed by atoms with Crippen molar-refractivity contribution in [2.24, 2.45) is 0 Å². The standard InChI is InChI=1S/C21H20ClNO4S/c1-13(2)27-17-6-4-3-5-16(17)23-20(25)18(14-7-9-15(22)10-8-14)19(21(23)26)28-12-11-24/h3-10,13,24H,11-12H2,1-2H3. The van der Waals surface area contributed by atoms with Crippen molar-refractivity contribution in [2.45, 2.75) is 20.0 Å². The highest BCUT2D eigenvalue weighted by Gasteiger charge is 2.41. The predicted octanol–water partition coefficient (Wildman–Crippen LogP) is 4.14. The number of rotatable bonds is 7. The van der Waals surface area contributed by atoms with Crippen molar-refractivity contribution in [3.8, 4) is 5.75 Å². The number of amides is 2. The maximum atomic E-state index is 13.3. The van der Waals surface area contributed by atoms with Crippen LogP contribution in [0, 0.1) is 0 Å². The lowest BCUT2D eigenvalue weighted by Gasteiger charge is -2.20. The highest BCUT2D eigenvalue weighted by Crippen LogP contribution is 2.41. The molecule has 146 valence electrons. The Hall–Kier alpha value is -2.28. The summed E-state index contributed by atoms with van der Waals surface area (Å²) in [5.74, 6) is -0.0764. The van der Waals surface area contributed by atoms with E-state index in [-0.39, 0.29) is 12.7 Å². The van der Waals surface area contributed by atoms with Gasteiger partial charge in [-0.15, -0.1) is 11.8 Å². The minimum atomic E-state index is -0.424. The molecule has 5 nitrogen and oxygen atoms in total. The summed E-state index contributed by atoms with van der Waals surface area (Å²) in [6, 6.07) is 13.7. The lowest BCUT2D eigenvalue weighted by atomic mass is 10.1. The average Bonchev–Trinajstić information content (AvgIpc) is 2.91. The topological polar surface area (TPSA) is 66.8 Å². The van der Waals surface area contributed by atoms with Crippen LogP contribution >= 0.6 is 23.4 Å². The van der Waals surface area contributed by atoms with Crippen molar-refractivity contribution in [2.75, 3.05) is 17.3 Å². The van der Waals surface area contributed by atoms with Crippen molar-refractivity contribution in [3.05, 3.63) is 64.0 Å². The second-order valence-corrected chi connectivity index (χ2v) is 7.90. The molecule has 0 bridgehead atoms. The molecule has 2 amide bonds. The van der Waals surface area contributed by atoms with E-state index < -0.39 is 11.8 Å². The number of hydrogen-bond acceptors (Lipinski definition) is 5. The molecule has 1 heterocycles. The summed E-state index contributed by atoms with van der Waals surface area (Å²) in [4.78, 5) is 27.9. The number of carbonyl (C=O) groups is 2. The molecule has 0 saturated heterocycles. The van der Waals surface area contributed by atoms with Gasteiger partial charge in [-0.25, -0.2) is 4.90 Å². The van der Waals surface area contributed by atoms with Gasteiger partial charge in [-0.2, -0.15) is 0 Å². The molecule has 0 atom stereocenters. The Bertz CT molecular complexity index is 924. The molecule has 3 rings (SSSR count). The monoisotopic (exact) mass is 417 g/mol. The van der Waals surface area contributed by atoms with E-state index in [9.17, 15) is 14.7 Å². The number of benzene rings is 2. The molecular weight excluding hydrogens is 398 g/mol. The maximum absolute atomic E-state index is 13.3. The SMILES string of the molecule is CC(C)Oc1ccccc1N1C(=O)C(SCCO)=C(c2ccc(Cl)cc2)C1=O. The van der Waals surface area contributed by atoms with Gasteiger partial charge in [0.2, 0.25) is 0 Å². The average molecular weight is 418 g/mol. The molecule has 28 heavy (non-hydrogen) atoms. The molecule has 1 N–H and O–H groups in total. The van der Waals surface area contributed by atoms with Crippen molar-refractivity contribution in [1.82, 2.24) is 0 Å². The highest BCUT2D eigenvalue weighted by molar-refractivity contribution is 8.04. The minimum absolute atomic E-state index is 0.101. The van der Waals surface area contributed by atoms with E-state index in [0.717, 1.165) is 16.7 Å². The van der Waals surface area contributed by atoms with Crippen LogP contribution in [0.15, 0.2) is 53.4 Å². The summed E-state index contributed by atoms with van der Waals surface area (Å²) in [7, 11) is 0. The fourth-order valence-corrected chi connectivity index (χ4v) is 3.86. The Labute approximate surface area is 172 Å². The summed E-state index contributed by atoms with van der Waals surface area (Å²) in [5.41, 5.74) is 1.31. The number of carbonyl (C=O) groups excluding carboxylic acids is 2. The van der Waals surface area contributed by atoms with Crippen molar-refractivity contribution in [1.29, 1.82) is 0 Å². The maximum Gasteiger partial charge on any atom is 0.272 e. The molecule has 7 heteroatoms. The van der Waals surface area contributed by atoms with Crippen LogP contribution in [-0.2, 0) is 9.59 Å². The van der Waals surface area contributed by atoms with Gasteiger partial charge >= 0.3 is 0 Å². The lowest BCUT2D eigenvalue weighted by Crippen LogP contribution is -2.32. The Morgan fingerprint density at radius 1 is 1.07 bits per heavy atom. The van der Waals surface area contributed by atoms with Crippen LogP contribution in [0.1, 0.15) is 19.4 Å². The molecule has 0 aliphatic carbocycles. The second kappa shape index (κ2) is 8.82.